The summed E-state index contributed by atoms with van der Waals surface area (Å²) in [5.41, 5.74) is 0. The summed E-state index contributed by atoms with van der Waals surface area (Å²) >= 11 is -2.85. The molecule has 0 aliphatic heterocycles. The molecule has 7 heteroatoms. The summed E-state index contributed by atoms with van der Waals surface area (Å²) < 4.78 is 33.2. The fourth-order valence-corrected chi connectivity index (χ4v) is 76.0. The van der Waals surface area contributed by atoms with Crippen molar-refractivity contribution in [3.8, 4) is 5.75 Å². The van der Waals surface area contributed by atoms with E-state index in [0.717, 1.165) is 0 Å². The molecule has 0 N–H and O–H groups in total. The summed E-state index contributed by atoms with van der Waals surface area (Å²) in [4.78, 5) is 12.2. The average Bonchev–Trinajstić information content (AvgIpc) is 2.87. The Labute approximate surface area is 152 Å². The van der Waals surface area contributed by atoms with Crippen molar-refractivity contribution >= 4 is 61.1 Å². The molecule has 0 fully saturated rings. The third-order valence-electron chi connectivity index (χ3n) is 3.42. The predicted molar refractivity (Wildman–Crippen MR) is 104 cm³/mol. The minimum atomic E-state index is -3.73. The SMILES string of the molecule is [CH3][Sn]([CH3])([CH3])[CH2][Sn]([CH3])([CH3])[c]1ccc(S(=O)(=O)Oc2ccccc2)s1. The second kappa shape index (κ2) is 7.25. The van der Waals surface area contributed by atoms with E-state index >= 15 is 0 Å². The van der Waals surface area contributed by atoms with Crippen LogP contribution in [0.2, 0.25) is 27.2 Å². The quantitative estimate of drug-likeness (QED) is 0.387. The van der Waals surface area contributed by atoms with Crippen LogP contribution >= 0.6 is 11.3 Å². The molecule has 0 saturated carbocycles. The van der Waals surface area contributed by atoms with Crippen molar-refractivity contribution in [1.82, 2.24) is 0 Å². The maximum absolute atomic E-state index is 12.5. The molecule has 23 heavy (non-hydrogen) atoms. The minimum absolute atomic E-state index is 0.324. The first-order valence-electron chi connectivity index (χ1n) is 7.59. The number of para-hydroxylation sites is 1. The van der Waals surface area contributed by atoms with E-state index < -0.39 is 46.9 Å². The van der Waals surface area contributed by atoms with Crippen molar-refractivity contribution < 1.29 is 12.6 Å². The Kier molecular flexibility index (Phi) is 6.18. The van der Waals surface area contributed by atoms with E-state index in [9.17, 15) is 8.42 Å². The topological polar surface area (TPSA) is 43.4 Å². The first-order chi connectivity index (χ1) is 10.5. The van der Waals surface area contributed by atoms with E-state index in [-0.39, 0.29) is 0 Å². The zero-order valence-electron chi connectivity index (χ0n) is 14.3. The van der Waals surface area contributed by atoms with Crippen LogP contribution in [0.15, 0.2) is 46.7 Å². The van der Waals surface area contributed by atoms with Gasteiger partial charge < -0.3 is 0 Å². The van der Waals surface area contributed by atoms with Crippen LogP contribution in [-0.2, 0) is 10.1 Å². The van der Waals surface area contributed by atoms with Gasteiger partial charge in [-0.25, -0.2) is 0 Å². The molecule has 0 amide bonds. The molecule has 0 saturated heterocycles. The van der Waals surface area contributed by atoms with E-state index in [1.165, 1.54) is 16.7 Å². The summed E-state index contributed by atoms with van der Waals surface area (Å²) in [7, 11) is -3.73. The number of rotatable bonds is 6. The van der Waals surface area contributed by atoms with Crippen molar-refractivity contribution in [1.29, 1.82) is 0 Å². The molecule has 1 heterocycles. The maximum atomic E-state index is 12.5. The predicted octanol–water partition coefficient (Wildman–Crippen LogP) is 4.31. The van der Waals surface area contributed by atoms with Gasteiger partial charge in [-0.2, -0.15) is 0 Å². The van der Waals surface area contributed by atoms with Crippen LogP contribution in [0.1, 0.15) is 0 Å². The van der Waals surface area contributed by atoms with Gasteiger partial charge >= 0.3 is 153 Å². The van der Waals surface area contributed by atoms with Gasteiger partial charge in [0.15, 0.2) is 0 Å². The molecule has 126 valence electrons. The van der Waals surface area contributed by atoms with Crippen molar-refractivity contribution in [2.45, 2.75) is 31.4 Å². The van der Waals surface area contributed by atoms with Crippen LogP contribution in [0, 0.1) is 0 Å². The summed E-state index contributed by atoms with van der Waals surface area (Å²) in [6, 6.07) is 12.4. The fourth-order valence-electron chi connectivity index (χ4n) is 2.87. The van der Waals surface area contributed by atoms with Crippen molar-refractivity contribution in [2.24, 2.45) is 0 Å². The molecule has 2 rings (SSSR count). The summed E-state index contributed by atoms with van der Waals surface area (Å²) in [6.07, 6.45) is 0. The molecule has 0 aliphatic rings. The van der Waals surface area contributed by atoms with E-state index in [1.54, 1.807) is 30.3 Å². The van der Waals surface area contributed by atoms with E-state index in [4.69, 9.17) is 4.18 Å². The summed E-state index contributed by atoms with van der Waals surface area (Å²) in [5.74, 6) is 0.358. The second-order valence-corrected chi connectivity index (χ2v) is 46.2. The summed E-state index contributed by atoms with van der Waals surface area (Å²) in [5, 5.41) is 0. The van der Waals surface area contributed by atoms with Crippen molar-refractivity contribution in [3.05, 3.63) is 42.5 Å². The van der Waals surface area contributed by atoms with E-state index in [1.807, 2.05) is 12.1 Å². The van der Waals surface area contributed by atoms with Crippen LogP contribution in [-0.4, -0.2) is 45.2 Å². The molecule has 0 radical (unpaired) electrons. The number of thiophene rings is 1. The average molecular weight is 566 g/mol. The zero-order valence-corrected chi connectivity index (χ0v) is 21.6. The van der Waals surface area contributed by atoms with Gasteiger partial charge in [0.05, 0.1) is 0 Å². The summed E-state index contributed by atoms with van der Waals surface area (Å²) in [6.45, 7) is 0. The van der Waals surface area contributed by atoms with Crippen molar-refractivity contribution in [3.63, 3.8) is 0 Å². The normalized spacial score (nSPS) is 13.1. The molecule has 2 aromatic rings. The van der Waals surface area contributed by atoms with Crippen LogP contribution in [0.4, 0.5) is 0 Å². The van der Waals surface area contributed by atoms with Gasteiger partial charge in [0.1, 0.15) is 0 Å². The first-order valence-corrected chi connectivity index (χ1v) is 29.6. The third kappa shape index (κ3) is 5.64. The van der Waals surface area contributed by atoms with Gasteiger partial charge in [-0.05, 0) is 0 Å². The molecule has 0 spiro atoms. The van der Waals surface area contributed by atoms with Crippen molar-refractivity contribution in [2.75, 3.05) is 0 Å². The Balaban J connectivity index is 2.24. The Bertz CT molecular complexity index is 760. The molecule has 3 nitrogen and oxygen atoms in total. The van der Waals surface area contributed by atoms with Crippen LogP contribution < -0.4 is 7.08 Å². The third-order valence-corrected chi connectivity index (χ3v) is 57.7. The van der Waals surface area contributed by atoms with Gasteiger partial charge in [-0.15, -0.1) is 0 Å². The van der Waals surface area contributed by atoms with Crippen LogP contribution in [0.5, 0.6) is 5.75 Å². The molecule has 0 bridgehead atoms. The Hall–Kier alpha value is 0.267. The Morgan fingerprint density at radius 3 is 2.13 bits per heavy atom. The van der Waals surface area contributed by atoms with Gasteiger partial charge in [-0.1, -0.05) is 0 Å². The number of hydrogen-bond acceptors (Lipinski definition) is 4. The zero-order chi connectivity index (χ0) is 17.3. The second-order valence-electron chi connectivity index (χ2n) is 7.59. The van der Waals surface area contributed by atoms with Gasteiger partial charge in [-0.3, -0.25) is 0 Å². The number of benzene rings is 1. The van der Waals surface area contributed by atoms with Gasteiger partial charge in [0.25, 0.3) is 0 Å². The number of hydrogen-bond donors (Lipinski definition) is 0. The Morgan fingerprint density at radius 1 is 0.957 bits per heavy atom. The molecular formula is C16H24O3S2Sn2. The standard InChI is InChI=1S/C10H7O3S2.5CH3.CH2.2Sn/c11-15(12,10-7-4-8-14-10)13-9-5-2-1-3-6-9;;;;;;;;/h1-7H;5*1H3;1H2;;. The molecular weight excluding hydrogens is 542 g/mol. The Morgan fingerprint density at radius 2 is 1.57 bits per heavy atom. The van der Waals surface area contributed by atoms with Gasteiger partial charge in [0.2, 0.25) is 0 Å². The van der Waals surface area contributed by atoms with Crippen LogP contribution in [0.3, 0.4) is 0 Å². The molecule has 1 aromatic carbocycles. The fraction of sp³-hybridized carbons (Fsp3) is 0.375. The monoisotopic (exact) mass is 568 g/mol. The molecule has 0 unspecified atom stereocenters. The molecule has 0 aliphatic carbocycles. The van der Waals surface area contributed by atoms with E-state index in [2.05, 4.69) is 24.7 Å². The van der Waals surface area contributed by atoms with E-state index in [0.29, 0.717) is 9.96 Å². The van der Waals surface area contributed by atoms with Crippen LogP contribution in [0.25, 0.3) is 0 Å². The molecule has 0 atom stereocenters. The van der Waals surface area contributed by atoms with Gasteiger partial charge in [0, 0.05) is 0 Å². The molecule has 1 aromatic heterocycles. The first kappa shape index (κ1) is 19.6.